The average molecular weight is 599 g/mol. The molecule has 0 aliphatic carbocycles. The van der Waals surface area contributed by atoms with Gasteiger partial charge in [0.25, 0.3) is 11.8 Å². The van der Waals surface area contributed by atoms with Gasteiger partial charge in [-0.1, -0.05) is 16.9 Å². The number of esters is 2. The van der Waals surface area contributed by atoms with Gasteiger partial charge in [-0.25, -0.2) is 14.8 Å². The van der Waals surface area contributed by atoms with Gasteiger partial charge in [0.05, 0.1) is 5.51 Å². The minimum absolute atomic E-state index is 0.0577. The maximum atomic E-state index is 13.3. The zero-order chi connectivity index (χ0) is 27.4. The highest BCUT2D eigenvalue weighted by Crippen LogP contribution is 2.42. The highest BCUT2D eigenvalue weighted by molar-refractivity contribution is 8.01. The monoisotopic (exact) mass is 598 g/mol. The van der Waals surface area contributed by atoms with E-state index in [-0.39, 0.29) is 11.4 Å². The standard InChI is InChI=1S/C21H22N6O7S4/c1-9-23-21(38-26-9)37-6-12-5-36-19-15(24-17(29)14(25-32-4)13-7-35-8-22-13)18(30)27(19)16(12)20(31)34-11(3)33-10(2)28/h7-8,11,15,19H,5-6H2,1-4H3,(H,24,29)/b25-14-/t11?,15?,19-/m0/s1. The predicted octanol–water partition coefficient (Wildman–Crippen LogP) is 1.55. The van der Waals surface area contributed by atoms with E-state index in [0.717, 1.165) is 4.34 Å². The molecule has 0 saturated carbocycles. The highest BCUT2D eigenvalue weighted by Gasteiger charge is 2.55. The van der Waals surface area contributed by atoms with Crippen molar-refractivity contribution < 1.29 is 33.5 Å². The molecule has 4 rings (SSSR count). The summed E-state index contributed by atoms with van der Waals surface area (Å²) in [6, 6.07) is -0.915. The molecule has 2 aliphatic heterocycles. The number of carbonyl (C=O) groups excluding carboxylic acids is 4. The number of aromatic nitrogens is 3. The topological polar surface area (TPSA) is 162 Å². The molecule has 3 atom stereocenters. The molecule has 1 saturated heterocycles. The van der Waals surface area contributed by atoms with Crippen LogP contribution in [-0.4, -0.2) is 85.0 Å². The zero-order valence-electron chi connectivity index (χ0n) is 20.5. The van der Waals surface area contributed by atoms with Crippen molar-refractivity contribution >= 4 is 75.9 Å². The maximum absolute atomic E-state index is 13.3. The van der Waals surface area contributed by atoms with E-state index in [1.54, 1.807) is 17.8 Å². The van der Waals surface area contributed by atoms with E-state index in [9.17, 15) is 19.2 Å². The van der Waals surface area contributed by atoms with Gasteiger partial charge in [0, 0.05) is 30.7 Å². The number of β-lactam (4-membered cyclic amide) rings is 1. The largest absolute Gasteiger partial charge is 0.426 e. The van der Waals surface area contributed by atoms with Gasteiger partial charge in [0.2, 0.25) is 6.29 Å². The van der Waals surface area contributed by atoms with Crippen LogP contribution in [0.15, 0.2) is 31.7 Å². The minimum atomic E-state index is -1.15. The molecule has 2 amide bonds. The van der Waals surface area contributed by atoms with Crippen molar-refractivity contribution in [2.24, 2.45) is 5.16 Å². The van der Waals surface area contributed by atoms with Crippen molar-refractivity contribution in [3.63, 3.8) is 0 Å². The lowest BCUT2D eigenvalue weighted by Crippen LogP contribution is -2.71. The van der Waals surface area contributed by atoms with Gasteiger partial charge in [-0.3, -0.25) is 19.3 Å². The van der Waals surface area contributed by atoms with Gasteiger partial charge in [0.15, 0.2) is 10.1 Å². The Morgan fingerprint density at radius 1 is 1.34 bits per heavy atom. The highest BCUT2D eigenvalue weighted by atomic mass is 32.2. The molecule has 0 bridgehead atoms. The van der Waals surface area contributed by atoms with Crippen molar-refractivity contribution in [2.45, 2.75) is 42.8 Å². The van der Waals surface area contributed by atoms with Gasteiger partial charge in [-0.15, -0.1) is 23.1 Å². The molecule has 1 fully saturated rings. The SMILES string of the molecule is CO/N=C(\C(=O)NC1C(=O)N2C(C(=O)OC(C)OC(C)=O)=C(CSc3nc(C)ns3)CS[C@@H]12)c1cscn1. The van der Waals surface area contributed by atoms with E-state index in [1.807, 2.05) is 0 Å². The van der Waals surface area contributed by atoms with Gasteiger partial charge >= 0.3 is 11.9 Å². The van der Waals surface area contributed by atoms with Crippen LogP contribution in [0.2, 0.25) is 0 Å². The molecule has 2 aromatic heterocycles. The summed E-state index contributed by atoms with van der Waals surface area (Å²) in [5.74, 6) is -1.16. The van der Waals surface area contributed by atoms with Crippen LogP contribution in [0, 0.1) is 6.92 Å². The maximum Gasteiger partial charge on any atom is 0.358 e. The molecule has 0 aromatic carbocycles. The van der Waals surface area contributed by atoms with E-state index in [4.69, 9.17) is 14.3 Å². The van der Waals surface area contributed by atoms with Crippen LogP contribution in [-0.2, 0) is 33.5 Å². The quantitative estimate of drug-likeness (QED) is 0.105. The fraction of sp³-hybridized carbons (Fsp3) is 0.429. The van der Waals surface area contributed by atoms with E-state index in [0.29, 0.717) is 28.6 Å². The molecule has 1 N–H and O–H groups in total. The first-order chi connectivity index (χ1) is 18.2. The number of oxime groups is 1. The summed E-state index contributed by atoms with van der Waals surface area (Å²) in [4.78, 5) is 65.2. The van der Waals surface area contributed by atoms with Crippen molar-refractivity contribution in [2.75, 3.05) is 18.6 Å². The van der Waals surface area contributed by atoms with Gasteiger partial charge < -0.3 is 19.6 Å². The number of nitrogens with one attached hydrogen (secondary N) is 1. The minimum Gasteiger partial charge on any atom is -0.426 e. The van der Waals surface area contributed by atoms with Crippen LogP contribution in [0.1, 0.15) is 25.4 Å². The number of hydrogen-bond donors (Lipinski definition) is 1. The van der Waals surface area contributed by atoms with Gasteiger partial charge in [0.1, 0.15) is 35.7 Å². The second-order valence-electron chi connectivity index (χ2n) is 7.79. The van der Waals surface area contributed by atoms with Crippen LogP contribution in [0.3, 0.4) is 0 Å². The Morgan fingerprint density at radius 2 is 2.13 bits per heavy atom. The first-order valence-electron chi connectivity index (χ1n) is 11.0. The van der Waals surface area contributed by atoms with Crippen LogP contribution >= 0.6 is 46.4 Å². The Morgan fingerprint density at radius 3 is 2.76 bits per heavy atom. The molecule has 38 heavy (non-hydrogen) atoms. The molecule has 0 spiro atoms. The molecule has 4 heterocycles. The van der Waals surface area contributed by atoms with Crippen molar-refractivity contribution in [1.82, 2.24) is 24.6 Å². The van der Waals surface area contributed by atoms with Crippen molar-refractivity contribution in [3.05, 3.63) is 33.7 Å². The average Bonchev–Trinajstić information content (AvgIpc) is 3.55. The number of fused-ring (bicyclic) bond motifs is 1. The van der Waals surface area contributed by atoms with Crippen LogP contribution in [0.25, 0.3) is 0 Å². The normalized spacial score (nSPS) is 19.8. The number of rotatable bonds is 10. The Kier molecular flexibility index (Phi) is 9.01. The van der Waals surface area contributed by atoms with Crippen LogP contribution < -0.4 is 5.32 Å². The van der Waals surface area contributed by atoms with Gasteiger partial charge in [-0.2, -0.15) is 4.37 Å². The number of thiazole rings is 1. The summed E-state index contributed by atoms with van der Waals surface area (Å²) in [5, 5.41) is 7.50. The Hall–Kier alpha value is -3.02. The summed E-state index contributed by atoms with van der Waals surface area (Å²) in [5.41, 5.74) is 2.48. The van der Waals surface area contributed by atoms with Gasteiger partial charge in [-0.05, 0) is 24.0 Å². The summed E-state index contributed by atoms with van der Waals surface area (Å²) in [7, 11) is 1.30. The number of aryl methyl sites for hydroxylation is 1. The number of thioether (sulfide) groups is 2. The Bertz CT molecular complexity index is 1290. The molecular weight excluding hydrogens is 577 g/mol. The molecule has 2 unspecified atom stereocenters. The first kappa shape index (κ1) is 28.0. The zero-order valence-corrected chi connectivity index (χ0v) is 23.8. The van der Waals surface area contributed by atoms with E-state index < -0.39 is 41.5 Å². The summed E-state index contributed by atoms with van der Waals surface area (Å²) in [6.45, 7) is 4.38. The second kappa shape index (κ2) is 12.2. The molecule has 2 aromatic rings. The van der Waals surface area contributed by atoms with Crippen molar-refractivity contribution in [1.29, 1.82) is 0 Å². The lowest BCUT2D eigenvalue weighted by molar-refractivity contribution is -0.182. The van der Waals surface area contributed by atoms with Crippen LogP contribution in [0.5, 0.6) is 0 Å². The number of hydrogen-bond acceptors (Lipinski definition) is 15. The fourth-order valence-corrected chi connectivity index (χ4v) is 7.24. The smallest absolute Gasteiger partial charge is 0.358 e. The van der Waals surface area contributed by atoms with E-state index >= 15 is 0 Å². The molecular formula is C21H22N6O7S4. The molecule has 2 aliphatic rings. The molecule has 0 radical (unpaired) electrons. The third-order valence-electron chi connectivity index (χ3n) is 5.08. The molecule has 202 valence electrons. The fourth-order valence-electron chi connectivity index (χ4n) is 3.57. The number of ether oxygens (including phenoxy) is 2. The summed E-state index contributed by atoms with van der Waals surface area (Å²) >= 11 is 5.30. The Labute approximate surface area is 233 Å². The van der Waals surface area contributed by atoms with E-state index in [2.05, 4.69) is 24.8 Å². The predicted molar refractivity (Wildman–Crippen MR) is 140 cm³/mol. The third kappa shape index (κ3) is 6.16. The van der Waals surface area contributed by atoms with Crippen LogP contribution in [0.4, 0.5) is 0 Å². The molecule has 13 nitrogen and oxygen atoms in total. The van der Waals surface area contributed by atoms with Crippen molar-refractivity contribution in [3.8, 4) is 0 Å². The third-order valence-corrected chi connectivity index (χ3v) is 9.02. The summed E-state index contributed by atoms with van der Waals surface area (Å²) in [6.07, 6.45) is -1.15. The lowest BCUT2D eigenvalue weighted by atomic mass is 10.0. The number of nitrogens with zero attached hydrogens (tertiary/aromatic N) is 5. The van der Waals surface area contributed by atoms with E-state index in [1.165, 1.54) is 72.3 Å². The number of amides is 2. The first-order valence-corrected chi connectivity index (χ1v) is 14.7. The Balaban J connectivity index is 1.54. The summed E-state index contributed by atoms with van der Waals surface area (Å²) < 4.78 is 15.1. The lowest BCUT2D eigenvalue weighted by Gasteiger charge is -2.49. The number of carbonyl (C=O) groups is 4. The second-order valence-corrected chi connectivity index (χ2v) is 11.6. The molecule has 17 heteroatoms.